The van der Waals surface area contributed by atoms with Crippen molar-refractivity contribution in [1.29, 1.82) is 0 Å². The lowest BCUT2D eigenvalue weighted by Crippen LogP contribution is -2.09. The second kappa shape index (κ2) is 3.99. The van der Waals surface area contributed by atoms with Gasteiger partial charge in [-0.25, -0.2) is 0 Å². The molecule has 0 bridgehead atoms. The van der Waals surface area contributed by atoms with Gasteiger partial charge in [0.15, 0.2) is 5.78 Å². The van der Waals surface area contributed by atoms with Crippen LogP contribution in [0.2, 0.25) is 0 Å². The maximum Gasteiger partial charge on any atom is 0.182 e. The summed E-state index contributed by atoms with van der Waals surface area (Å²) in [5.74, 6) is -0.0507. The van der Waals surface area contributed by atoms with Gasteiger partial charge in [0.1, 0.15) is 0 Å². The topological polar surface area (TPSA) is 32.9 Å². The monoisotopic (exact) mass is 285 g/mol. The molecule has 0 aliphatic heterocycles. The zero-order valence-electron chi connectivity index (χ0n) is 8.05. The molecule has 0 aliphatic carbocycles. The number of carbonyl (C=O) groups is 1. The number of benzene rings is 1. The number of alkyl halides is 1. The first-order valence-corrected chi connectivity index (χ1v) is 5.77. The molecule has 0 fully saturated rings. The summed E-state index contributed by atoms with van der Waals surface area (Å²) in [6, 6.07) is 5.75. The maximum absolute atomic E-state index is 11.7. The molecule has 78 valence electrons. The number of ketones is 1. The Hall–Kier alpha value is -0.800. The third kappa shape index (κ3) is 1.94. The van der Waals surface area contributed by atoms with E-state index in [2.05, 4.69) is 20.9 Å². The summed E-state index contributed by atoms with van der Waals surface area (Å²) >= 11 is 9.16. The minimum atomic E-state index is -0.493. The Morgan fingerprint density at radius 2 is 2.27 bits per heavy atom. The van der Waals surface area contributed by atoms with Crippen molar-refractivity contribution in [2.24, 2.45) is 0 Å². The number of aromatic nitrogens is 1. The van der Waals surface area contributed by atoms with Crippen LogP contribution in [0.25, 0.3) is 10.9 Å². The van der Waals surface area contributed by atoms with Gasteiger partial charge in [-0.1, -0.05) is 22.0 Å². The minimum Gasteiger partial charge on any atom is -0.360 e. The highest BCUT2D eigenvalue weighted by Gasteiger charge is 2.16. The van der Waals surface area contributed by atoms with Crippen LogP contribution in [0.15, 0.2) is 28.9 Å². The molecule has 4 heteroatoms. The first-order valence-electron chi connectivity index (χ1n) is 4.54. The van der Waals surface area contributed by atoms with Crippen LogP contribution in [-0.4, -0.2) is 16.1 Å². The largest absolute Gasteiger partial charge is 0.360 e. The van der Waals surface area contributed by atoms with E-state index in [9.17, 15) is 4.79 Å². The number of rotatable bonds is 2. The summed E-state index contributed by atoms with van der Waals surface area (Å²) in [5.41, 5.74) is 1.59. The Morgan fingerprint density at radius 3 is 2.93 bits per heavy atom. The molecule has 1 unspecified atom stereocenters. The van der Waals surface area contributed by atoms with E-state index >= 15 is 0 Å². The third-order valence-electron chi connectivity index (χ3n) is 2.27. The van der Waals surface area contributed by atoms with Crippen molar-refractivity contribution in [2.75, 3.05) is 0 Å². The maximum atomic E-state index is 11.7. The van der Waals surface area contributed by atoms with Crippen LogP contribution in [0.4, 0.5) is 0 Å². The summed E-state index contributed by atoms with van der Waals surface area (Å²) < 4.78 is 0.981. The average Bonchev–Trinajstić information content (AvgIpc) is 2.59. The predicted molar refractivity (Wildman–Crippen MR) is 65.6 cm³/mol. The zero-order chi connectivity index (χ0) is 11.0. The van der Waals surface area contributed by atoms with Crippen LogP contribution >= 0.6 is 27.5 Å². The smallest absolute Gasteiger partial charge is 0.182 e. The van der Waals surface area contributed by atoms with E-state index in [1.807, 2.05) is 18.2 Å². The van der Waals surface area contributed by atoms with Gasteiger partial charge >= 0.3 is 0 Å². The van der Waals surface area contributed by atoms with E-state index in [-0.39, 0.29) is 5.78 Å². The Bertz CT molecular complexity index is 518. The van der Waals surface area contributed by atoms with E-state index in [0.717, 1.165) is 15.4 Å². The van der Waals surface area contributed by atoms with E-state index in [4.69, 9.17) is 11.6 Å². The van der Waals surface area contributed by atoms with Crippen LogP contribution in [0, 0.1) is 0 Å². The highest BCUT2D eigenvalue weighted by molar-refractivity contribution is 9.10. The number of Topliss-reactive ketones (excluding diaryl/α,β-unsaturated/α-hetero) is 1. The normalized spacial score (nSPS) is 13.0. The third-order valence-corrected chi connectivity index (χ3v) is 2.96. The summed E-state index contributed by atoms with van der Waals surface area (Å²) in [7, 11) is 0. The number of H-pyrrole nitrogens is 1. The zero-order valence-corrected chi connectivity index (χ0v) is 10.4. The molecule has 2 aromatic rings. The second-order valence-electron chi connectivity index (χ2n) is 3.37. The van der Waals surface area contributed by atoms with Crippen molar-refractivity contribution in [3.63, 3.8) is 0 Å². The Balaban J connectivity index is 2.59. The van der Waals surface area contributed by atoms with Crippen molar-refractivity contribution in [1.82, 2.24) is 4.98 Å². The van der Waals surface area contributed by atoms with Gasteiger partial charge in [-0.2, -0.15) is 0 Å². The van der Waals surface area contributed by atoms with E-state index < -0.39 is 5.38 Å². The molecule has 0 radical (unpaired) electrons. The molecule has 0 saturated heterocycles. The van der Waals surface area contributed by atoms with Gasteiger partial charge in [0.05, 0.1) is 5.38 Å². The molecule has 1 atom stereocenters. The van der Waals surface area contributed by atoms with Crippen molar-refractivity contribution < 1.29 is 4.79 Å². The lowest BCUT2D eigenvalue weighted by Gasteiger charge is -2.00. The molecule has 0 aliphatic rings. The number of nitrogens with one attached hydrogen (secondary N) is 1. The highest BCUT2D eigenvalue weighted by atomic mass is 79.9. The summed E-state index contributed by atoms with van der Waals surface area (Å²) in [6.07, 6.45) is 1.71. The molecular formula is C11H9BrClNO. The predicted octanol–water partition coefficient (Wildman–Crippen LogP) is 3.74. The standard InChI is InChI=1S/C11H9BrClNO/c1-6(13)11(15)9-5-14-10-4-7(12)2-3-8(9)10/h2-6,14H,1H3. The van der Waals surface area contributed by atoms with Crippen molar-refractivity contribution in [3.8, 4) is 0 Å². The summed E-state index contributed by atoms with van der Waals surface area (Å²) in [6.45, 7) is 1.68. The van der Waals surface area contributed by atoms with Gasteiger partial charge in [0.2, 0.25) is 0 Å². The Morgan fingerprint density at radius 1 is 1.53 bits per heavy atom. The number of halogens is 2. The second-order valence-corrected chi connectivity index (χ2v) is 4.94. The fourth-order valence-electron chi connectivity index (χ4n) is 1.52. The van der Waals surface area contributed by atoms with E-state index in [1.165, 1.54) is 0 Å². The molecule has 2 rings (SSSR count). The number of aromatic amines is 1. The number of hydrogen-bond acceptors (Lipinski definition) is 1. The molecule has 1 heterocycles. The lowest BCUT2D eigenvalue weighted by molar-refractivity contribution is 0.0993. The van der Waals surface area contributed by atoms with Crippen molar-refractivity contribution >= 4 is 44.2 Å². The quantitative estimate of drug-likeness (QED) is 0.662. The molecule has 2 nitrogen and oxygen atoms in total. The Kier molecular flexibility index (Phi) is 2.85. The van der Waals surface area contributed by atoms with Gasteiger partial charge in [0.25, 0.3) is 0 Å². The van der Waals surface area contributed by atoms with Crippen LogP contribution in [0.1, 0.15) is 17.3 Å². The first kappa shape index (κ1) is 10.7. The Labute approximate surface area is 101 Å². The summed E-state index contributed by atoms with van der Waals surface area (Å²) in [4.78, 5) is 14.8. The molecule has 0 spiro atoms. The average molecular weight is 287 g/mol. The van der Waals surface area contributed by atoms with Crippen LogP contribution < -0.4 is 0 Å². The number of fused-ring (bicyclic) bond motifs is 1. The number of hydrogen-bond donors (Lipinski definition) is 1. The molecule has 0 saturated carbocycles. The van der Waals surface area contributed by atoms with Crippen molar-refractivity contribution in [2.45, 2.75) is 12.3 Å². The number of carbonyl (C=O) groups excluding carboxylic acids is 1. The fourth-order valence-corrected chi connectivity index (χ4v) is 2.00. The molecule has 1 aromatic heterocycles. The lowest BCUT2D eigenvalue weighted by atomic mass is 10.1. The van der Waals surface area contributed by atoms with E-state index in [0.29, 0.717) is 5.56 Å². The van der Waals surface area contributed by atoms with E-state index in [1.54, 1.807) is 13.1 Å². The SMILES string of the molecule is CC(Cl)C(=O)c1c[nH]c2cc(Br)ccc12. The van der Waals surface area contributed by atoms with Crippen LogP contribution in [-0.2, 0) is 0 Å². The minimum absolute atomic E-state index is 0.0507. The molecular weight excluding hydrogens is 277 g/mol. The highest BCUT2D eigenvalue weighted by Crippen LogP contribution is 2.23. The van der Waals surface area contributed by atoms with Gasteiger partial charge in [-0.05, 0) is 19.1 Å². The van der Waals surface area contributed by atoms with Gasteiger partial charge in [-0.3, -0.25) is 4.79 Å². The molecule has 15 heavy (non-hydrogen) atoms. The summed E-state index contributed by atoms with van der Waals surface area (Å²) in [5, 5.41) is 0.420. The first-order chi connectivity index (χ1) is 7.09. The van der Waals surface area contributed by atoms with Gasteiger partial charge in [0, 0.05) is 27.1 Å². The van der Waals surface area contributed by atoms with Gasteiger partial charge in [-0.15, -0.1) is 11.6 Å². The fraction of sp³-hybridized carbons (Fsp3) is 0.182. The molecule has 0 amide bonds. The molecule has 1 aromatic carbocycles. The molecule has 1 N–H and O–H groups in total. The van der Waals surface area contributed by atoms with Crippen molar-refractivity contribution in [3.05, 3.63) is 34.4 Å². The van der Waals surface area contributed by atoms with Gasteiger partial charge < -0.3 is 4.98 Å². The van der Waals surface area contributed by atoms with Crippen LogP contribution in [0.3, 0.4) is 0 Å². The van der Waals surface area contributed by atoms with Crippen LogP contribution in [0.5, 0.6) is 0 Å².